The van der Waals surface area contributed by atoms with Crippen molar-refractivity contribution in [1.29, 1.82) is 5.41 Å². The van der Waals surface area contributed by atoms with Gasteiger partial charge in [0, 0.05) is 13.2 Å². The third kappa shape index (κ3) is 3.57. The van der Waals surface area contributed by atoms with Crippen LogP contribution in [0, 0.1) is 5.41 Å². The number of nitrogens with zero attached hydrogens (tertiary/aromatic N) is 1. The molecule has 0 aliphatic rings. The van der Waals surface area contributed by atoms with E-state index >= 15 is 0 Å². The second-order valence-corrected chi connectivity index (χ2v) is 4.00. The third-order valence-corrected chi connectivity index (χ3v) is 2.70. The fourth-order valence-electron chi connectivity index (χ4n) is 0.926. The molecular weight excluding hydrogens is 231 g/mol. The first-order valence-electron chi connectivity index (χ1n) is 4.42. The van der Waals surface area contributed by atoms with Crippen LogP contribution in [-0.2, 0) is 0 Å². The van der Waals surface area contributed by atoms with Gasteiger partial charge in [-0.1, -0.05) is 29.3 Å². The molecule has 0 saturated carbocycles. The number of nitrogens with one attached hydrogen (secondary N) is 1. The zero-order valence-electron chi connectivity index (χ0n) is 8.59. The number of benzene rings is 1. The number of hydrogen-bond donors (Lipinski definition) is 1. The van der Waals surface area contributed by atoms with Crippen LogP contribution in [0.2, 0.25) is 10.0 Å². The zero-order valence-corrected chi connectivity index (χ0v) is 10.1. The summed E-state index contributed by atoms with van der Waals surface area (Å²) in [4.78, 5) is 1.71. The van der Waals surface area contributed by atoms with Gasteiger partial charge in [0.15, 0.2) is 0 Å². The lowest BCUT2D eigenvalue weighted by Crippen LogP contribution is -2.15. The molecule has 0 aliphatic heterocycles. The number of hydrogen-bond acceptors (Lipinski definition) is 1. The first kappa shape index (κ1) is 12.1. The third-order valence-electron chi connectivity index (χ3n) is 1.96. The first-order chi connectivity index (χ1) is 7.00. The number of rotatable bonds is 2. The van der Waals surface area contributed by atoms with Crippen LogP contribution in [0.3, 0.4) is 0 Å². The average Bonchev–Trinajstić information content (AvgIpc) is 2.19. The van der Waals surface area contributed by atoms with Crippen LogP contribution in [-0.4, -0.2) is 17.8 Å². The Balaban J connectivity index is 2.81. The molecule has 1 rings (SSSR count). The minimum atomic E-state index is 0.478. The van der Waals surface area contributed by atoms with Crippen molar-refractivity contribution < 1.29 is 0 Å². The highest BCUT2D eigenvalue weighted by molar-refractivity contribution is 6.42. The molecule has 80 valence electrons. The summed E-state index contributed by atoms with van der Waals surface area (Å²) in [5.74, 6) is 0.478. The molecule has 2 nitrogen and oxygen atoms in total. The van der Waals surface area contributed by atoms with Crippen molar-refractivity contribution in [1.82, 2.24) is 4.90 Å². The highest BCUT2D eigenvalue weighted by Gasteiger charge is 1.97. The Hall–Kier alpha value is -0.990. The van der Waals surface area contributed by atoms with Crippen molar-refractivity contribution in [2.45, 2.75) is 6.92 Å². The van der Waals surface area contributed by atoms with E-state index in [2.05, 4.69) is 0 Å². The SMILES string of the molecule is CC(=N)N(C)C=Cc1ccc(Cl)c(Cl)c1. The van der Waals surface area contributed by atoms with E-state index in [-0.39, 0.29) is 0 Å². The van der Waals surface area contributed by atoms with Crippen LogP contribution in [0.25, 0.3) is 6.08 Å². The Morgan fingerprint density at radius 1 is 1.33 bits per heavy atom. The summed E-state index contributed by atoms with van der Waals surface area (Å²) in [5, 5.41) is 8.45. The Bertz CT molecular complexity index is 400. The van der Waals surface area contributed by atoms with E-state index < -0.39 is 0 Å². The molecule has 0 bridgehead atoms. The summed E-state index contributed by atoms with van der Waals surface area (Å²) < 4.78 is 0. The molecule has 15 heavy (non-hydrogen) atoms. The monoisotopic (exact) mass is 242 g/mol. The first-order valence-corrected chi connectivity index (χ1v) is 5.17. The molecule has 0 heterocycles. The maximum absolute atomic E-state index is 7.37. The lowest BCUT2D eigenvalue weighted by molar-refractivity contribution is 0.682. The van der Waals surface area contributed by atoms with Gasteiger partial charge in [-0.15, -0.1) is 0 Å². The lowest BCUT2D eigenvalue weighted by atomic mass is 10.2. The maximum Gasteiger partial charge on any atom is 0.0963 e. The highest BCUT2D eigenvalue weighted by Crippen LogP contribution is 2.23. The minimum Gasteiger partial charge on any atom is -0.340 e. The van der Waals surface area contributed by atoms with Crippen LogP contribution >= 0.6 is 23.2 Å². The maximum atomic E-state index is 7.37. The molecule has 0 atom stereocenters. The van der Waals surface area contributed by atoms with Crippen LogP contribution in [0.4, 0.5) is 0 Å². The fourth-order valence-corrected chi connectivity index (χ4v) is 1.23. The van der Waals surface area contributed by atoms with E-state index in [1.165, 1.54) is 0 Å². The van der Waals surface area contributed by atoms with Gasteiger partial charge in [0.1, 0.15) is 0 Å². The van der Waals surface area contributed by atoms with Crippen LogP contribution in [0.1, 0.15) is 12.5 Å². The second kappa shape index (κ2) is 5.19. The van der Waals surface area contributed by atoms with Crippen molar-refractivity contribution in [2.75, 3.05) is 7.05 Å². The predicted molar refractivity (Wildman–Crippen MR) is 66.7 cm³/mol. The molecular formula is C11H12Cl2N2. The number of amidine groups is 1. The summed E-state index contributed by atoms with van der Waals surface area (Å²) in [6, 6.07) is 5.41. The summed E-state index contributed by atoms with van der Waals surface area (Å²) in [7, 11) is 1.82. The molecule has 0 radical (unpaired) electrons. The molecule has 0 amide bonds. The van der Waals surface area contributed by atoms with E-state index in [9.17, 15) is 0 Å². The average molecular weight is 243 g/mol. The Kier molecular flexibility index (Phi) is 4.18. The second-order valence-electron chi connectivity index (χ2n) is 3.19. The summed E-state index contributed by atoms with van der Waals surface area (Å²) >= 11 is 11.7. The molecule has 0 fully saturated rings. The van der Waals surface area contributed by atoms with E-state index in [1.807, 2.05) is 25.4 Å². The summed E-state index contributed by atoms with van der Waals surface area (Å²) in [6.45, 7) is 1.72. The largest absolute Gasteiger partial charge is 0.340 e. The molecule has 4 heteroatoms. The summed E-state index contributed by atoms with van der Waals surface area (Å²) in [5.41, 5.74) is 0.956. The fraction of sp³-hybridized carbons (Fsp3) is 0.182. The normalized spacial score (nSPS) is 10.7. The Morgan fingerprint density at radius 2 is 2.00 bits per heavy atom. The zero-order chi connectivity index (χ0) is 11.4. The van der Waals surface area contributed by atoms with Crippen molar-refractivity contribution in [3.8, 4) is 0 Å². The molecule has 0 unspecified atom stereocenters. The van der Waals surface area contributed by atoms with Crippen molar-refractivity contribution in [3.63, 3.8) is 0 Å². The van der Waals surface area contributed by atoms with Gasteiger partial charge in [-0.2, -0.15) is 0 Å². The van der Waals surface area contributed by atoms with Gasteiger partial charge >= 0.3 is 0 Å². The van der Waals surface area contributed by atoms with E-state index in [1.54, 1.807) is 24.0 Å². The van der Waals surface area contributed by atoms with Crippen LogP contribution < -0.4 is 0 Å². The van der Waals surface area contributed by atoms with Gasteiger partial charge in [-0.25, -0.2) is 0 Å². The Morgan fingerprint density at radius 3 is 2.53 bits per heavy atom. The summed E-state index contributed by atoms with van der Waals surface area (Å²) in [6.07, 6.45) is 3.68. The van der Waals surface area contributed by atoms with Gasteiger partial charge in [-0.3, -0.25) is 5.41 Å². The van der Waals surface area contributed by atoms with Gasteiger partial charge in [0.25, 0.3) is 0 Å². The van der Waals surface area contributed by atoms with Gasteiger partial charge < -0.3 is 4.90 Å². The van der Waals surface area contributed by atoms with E-state index in [4.69, 9.17) is 28.6 Å². The highest BCUT2D eigenvalue weighted by atomic mass is 35.5. The molecule has 1 N–H and O–H groups in total. The van der Waals surface area contributed by atoms with Gasteiger partial charge in [-0.05, 0) is 30.7 Å². The Labute approximate surface area is 99.6 Å². The number of halogens is 2. The molecule has 0 saturated heterocycles. The standard InChI is InChI=1S/C11H12Cl2N2/c1-8(14)15(2)6-5-9-3-4-10(12)11(13)7-9/h3-7,14H,1-2H3. The smallest absolute Gasteiger partial charge is 0.0963 e. The molecule has 1 aromatic carbocycles. The quantitative estimate of drug-likeness (QED) is 0.619. The molecule has 0 spiro atoms. The van der Waals surface area contributed by atoms with Crippen LogP contribution in [0.15, 0.2) is 24.4 Å². The van der Waals surface area contributed by atoms with E-state index in [0.717, 1.165) is 5.56 Å². The molecule has 1 aromatic rings. The minimum absolute atomic E-state index is 0.478. The molecule has 0 aliphatic carbocycles. The van der Waals surface area contributed by atoms with Crippen molar-refractivity contribution in [3.05, 3.63) is 40.0 Å². The van der Waals surface area contributed by atoms with Crippen molar-refractivity contribution in [2.24, 2.45) is 0 Å². The van der Waals surface area contributed by atoms with Gasteiger partial charge in [0.05, 0.1) is 15.9 Å². The van der Waals surface area contributed by atoms with Crippen molar-refractivity contribution >= 4 is 35.1 Å². The lowest BCUT2D eigenvalue weighted by Gasteiger charge is -2.10. The predicted octanol–water partition coefficient (Wildman–Crippen LogP) is 3.89. The van der Waals surface area contributed by atoms with Crippen LogP contribution in [0.5, 0.6) is 0 Å². The van der Waals surface area contributed by atoms with E-state index in [0.29, 0.717) is 15.9 Å². The topological polar surface area (TPSA) is 27.1 Å². The molecule has 0 aromatic heterocycles. The van der Waals surface area contributed by atoms with Gasteiger partial charge in [0.2, 0.25) is 0 Å².